The van der Waals surface area contributed by atoms with Crippen LogP contribution in [0.3, 0.4) is 0 Å². The van der Waals surface area contributed by atoms with E-state index in [1.165, 1.54) is 6.07 Å². The number of benzene rings is 1. The fourth-order valence-corrected chi connectivity index (χ4v) is 3.26. The highest BCUT2D eigenvalue weighted by Crippen LogP contribution is 2.22. The summed E-state index contributed by atoms with van der Waals surface area (Å²) in [5, 5.41) is 0. The lowest BCUT2D eigenvalue weighted by Crippen LogP contribution is -2.38. The number of halogens is 1. The Morgan fingerprint density at radius 1 is 1.29 bits per heavy atom. The first kappa shape index (κ1) is 17.2. The molecule has 1 unspecified atom stereocenters. The Balaban J connectivity index is 1.64. The molecule has 2 saturated heterocycles. The summed E-state index contributed by atoms with van der Waals surface area (Å²) in [5.41, 5.74) is 0.913. The average molecular weight is 336 g/mol. The highest BCUT2D eigenvalue weighted by molar-refractivity contribution is 5.94. The molecule has 2 aliphatic rings. The maximum absolute atomic E-state index is 14.4. The highest BCUT2D eigenvalue weighted by atomic mass is 19.1. The van der Waals surface area contributed by atoms with Gasteiger partial charge in [-0.15, -0.1) is 0 Å². The van der Waals surface area contributed by atoms with Gasteiger partial charge in [0.15, 0.2) is 0 Å². The van der Waals surface area contributed by atoms with Gasteiger partial charge in [-0.2, -0.15) is 0 Å². The van der Waals surface area contributed by atoms with E-state index in [1.54, 1.807) is 24.1 Å². The van der Waals surface area contributed by atoms with Crippen molar-refractivity contribution >= 4 is 11.6 Å². The van der Waals surface area contributed by atoms with Gasteiger partial charge in [-0.3, -0.25) is 4.79 Å². The van der Waals surface area contributed by atoms with Gasteiger partial charge in [0.25, 0.3) is 5.91 Å². The summed E-state index contributed by atoms with van der Waals surface area (Å²) in [6.07, 6.45) is 3.28. The van der Waals surface area contributed by atoms with E-state index in [0.717, 1.165) is 25.9 Å². The van der Waals surface area contributed by atoms with Crippen molar-refractivity contribution in [1.82, 2.24) is 4.90 Å². The van der Waals surface area contributed by atoms with E-state index >= 15 is 0 Å². The minimum Gasteiger partial charge on any atom is -0.378 e. The van der Waals surface area contributed by atoms with Crippen LogP contribution in [0.4, 0.5) is 10.1 Å². The topological polar surface area (TPSA) is 42.0 Å². The van der Waals surface area contributed by atoms with Crippen LogP contribution < -0.4 is 4.90 Å². The van der Waals surface area contributed by atoms with Crippen LogP contribution in [0.2, 0.25) is 0 Å². The SMILES string of the molecule is CN(CC1CCCCO1)C(=O)c1ccc(N2CCOCC2)c(F)c1. The monoisotopic (exact) mass is 336 g/mol. The van der Waals surface area contributed by atoms with Gasteiger partial charge in [0, 0.05) is 38.9 Å². The van der Waals surface area contributed by atoms with Gasteiger partial charge in [-0.05, 0) is 37.5 Å². The standard InChI is InChI=1S/C18H25FN2O3/c1-20(13-15-4-2-3-9-24-15)18(22)14-5-6-17(16(19)12-14)21-7-10-23-11-8-21/h5-6,12,15H,2-4,7-11,13H2,1H3. The van der Waals surface area contributed by atoms with Gasteiger partial charge in [-0.25, -0.2) is 4.39 Å². The van der Waals surface area contributed by atoms with E-state index in [0.29, 0.717) is 44.1 Å². The molecule has 5 nitrogen and oxygen atoms in total. The normalized spacial score (nSPS) is 21.6. The molecule has 0 bridgehead atoms. The van der Waals surface area contributed by atoms with E-state index < -0.39 is 0 Å². The number of ether oxygens (including phenoxy) is 2. The van der Waals surface area contributed by atoms with Gasteiger partial charge >= 0.3 is 0 Å². The first-order chi connectivity index (χ1) is 11.6. The molecule has 0 radical (unpaired) electrons. The molecule has 1 atom stereocenters. The van der Waals surface area contributed by atoms with Crippen LogP contribution in [0.1, 0.15) is 29.6 Å². The van der Waals surface area contributed by atoms with Gasteiger partial charge in [-0.1, -0.05) is 0 Å². The largest absolute Gasteiger partial charge is 0.378 e. The molecule has 0 saturated carbocycles. The molecule has 3 rings (SSSR count). The Morgan fingerprint density at radius 2 is 2.08 bits per heavy atom. The zero-order valence-corrected chi connectivity index (χ0v) is 14.2. The van der Waals surface area contributed by atoms with E-state index in [1.807, 2.05) is 4.90 Å². The zero-order chi connectivity index (χ0) is 16.9. The maximum atomic E-state index is 14.4. The predicted octanol–water partition coefficient (Wildman–Crippen LogP) is 2.30. The summed E-state index contributed by atoms with van der Waals surface area (Å²) >= 11 is 0. The molecule has 1 aromatic rings. The number of hydrogen-bond donors (Lipinski definition) is 0. The predicted molar refractivity (Wildman–Crippen MR) is 90.0 cm³/mol. The molecule has 2 heterocycles. The van der Waals surface area contributed by atoms with E-state index in [4.69, 9.17) is 9.47 Å². The number of carbonyl (C=O) groups excluding carboxylic acids is 1. The Hall–Kier alpha value is -1.66. The number of likely N-dealkylation sites (N-methyl/N-ethyl adjacent to an activating group) is 1. The molecule has 2 fully saturated rings. The van der Waals surface area contributed by atoms with Crippen molar-refractivity contribution in [2.45, 2.75) is 25.4 Å². The first-order valence-corrected chi connectivity index (χ1v) is 8.64. The third-order valence-electron chi connectivity index (χ3n) is 4.64. The molecule has 0 spiro atoms. The van der Waals surface area contributed by atoms with Gasteiger partial charge in [0.2, 0.25) is 0 Å². The summed E-state index contributed by atoms with van der Waals surface area (Å²) in [7, 11) is 1.74. The molecule has 0 aliphatic carbocycles. The van der Waals surface area contributed by atoms with Crippen LogP contribution in [0.5, 0.6) is 0 Å². The van der Waals surface area contributed by atoms with Crippen LogP contribution in [0, 0.1) is 5.82 Å². The van der Waals surface area contributed by atoms with Crippen molar-refractivity contribution in [3.05, 3.63) is 29.6 Å². The zero-order valence-electron chi connectivity index (χ0n) is 14.2. The molecule has 1 aromatic carbocycles. The molecule has 24 heavy (non-hydrogen) atoms. The molecular weight excluding hydrogens is 311 g/mol. The second kappa shape index (κ2) is 7.94. The first-order valence-electron chi connectivity index (χ1n) is 8.64. The van der Waals surface area contributed by atoms with Gasteiger partial charge in [0.05, 0.1) is 25.0 Å². The number of carbonyl (C=O) groups is 1. The van der Waals surface area contributed by atoms with Crippen LogP contribution >= 0.6 is 0 Å². The summed E-state index contributed by atoms with van der Waals surface area (Å²) in [5.74, 6) is -0.526. The maximum Gasteiger partial charge on any atom is 0.253 e. The van der Waals surface area contributed by atoms with Crippen molar-refractivity contribution in [1.29, 1.82) is 0 Å². The quantitative estimate of drug-likeness (QED) is 0.846. The minimum atomic E-state index is -0.356. The van der Waals surface area contributed by atoms with E-state index in [-0.39, 0.29) is 17.8 Å². The third-order valence-corrected chi connectivity index (χ3v) is 4.64. The molecule has 0 N–H and O–H groups in total. The molecule has 2 aliphatic heterocycles. The number of amides is 1. The van der Waals surface area contributed by atoms with Gasteiger partial charge < -0.3 is 19.3 Å². The second-order valence-corrected chi connectivity index (χ2v) is 6.44. The fourth-order valence-electron chi connectivity index (χ4n) is 3.26. The Morgan fingerprint density at radius 3 is 2.75 bits per heavy atom. The number of rotatable bonds is 4. The Kier molecular flexibility index (Phi) is 5.68. The van der Waals surface area contributed by atoms with Gasteiger partial charge in [0.1, 0.15) is 5.82 Å². The van der Waals surface area contributed by atoms with Crippen LogP contribution in [-0.2, 0) is 9.47 Å². The minimum absolute atomic E-state index is 0.0881. The lowest BCUT2D eigenvalue weighted by atomic mass is 10.1. The van der Waals surface area contributed by atoms with Crippen LogP contribution in [0.15, 0.2) is 18.2 Å². The average Bonchev–Trinajstić information content (AvgIpc) is 2.62. The molecule has 1 amide bonds. The lowest BCUT2D eigenvalue weighted by molar-refractivity contribution is -0.000192. The van der Waals surface area contributed by atoms with Crippen molar-refractivity contribution in [3.63, 3.8) is 0 Å². The number of anilines is 1. The number of nitrogens with zero attached hydrogens (tertiary/aromatic N) is 2. The van der Waals surface area contributed by atoms with Crippen molar-refractivity contribution in [2.24, 2.45) is 0 Å². The summed E-state index contributed by atoms with van der Waals surface area (Å²) < 4.78 is 25.4. The second-order valence-electron chi connectivity index (χ2n) is 6.44. The smallest absolute Gasteiger partial charge is 0.253 e. The van der Waals surface area contributed by atoms with Crippen molar-refractivity contribution in [3.8, 4) is 0 Å². The van der Waals surface area contributed by atoms with E-state index in [9.17, 15) is 9.18 Å². The summed E-state index contributed by atoms with van der Waals surface area (Å²) in [4.78, 5) is 16.1. The van der Waals surface area contributed by atoms with Crippen LogP contribution in [0.25, 0.3) is 0 Å². The van der Waals surface area contributed by atoms with Crippen molar-refractivity contribution < 1.29 is 18.7 Å². The third kappa shape index (κ3) is 4.05. The lowest BCUT2D eigenvalue weighted by Gasteiger charge is -2.29. The Bertz CT molecular complexity index is 569. The fraction of sp³-hybridized carbons (Fsp3) is 0.611. The van der Waals surface area contributed by atoms with Crippen molar-refractivity contribution in [2.75, 3.05) is 51.4 Å². The number of morpholine rings is 1. The Labute approximate surface area is 142 Å². The van der Waals surface area contributed by atoms with Crippen LogP contribution in [-0.4, -0.2) is 63.4 Å². The number of hydrogen-bond acceptors (Lipinski definition) is 4. The molecule has 0 aromatic heterocycles. The summed E-state index contributed by atoms with van der Waals surface area (Å²) in [6, 6.07) is 4.73. The highest BCUT2D eigenvalue weighted by Gasteiger charge is 2.21. The summed E-state index contributed by atoms with van der Waals surface area (Å²) in [6.45, 7) is 3.85. The molecule has 132 valence electrons. The molecular formula is C18H25FN2O3. The van der Waals surface area contributed by atoms with E-state index in [2.05, 4.69) is 0 Å². The molecule has 6 heteroatoms.